The molecule has 0 fully saturated rings. The van der Waals surface area contributed by atoms with E-state index in [2.05, 4.69) is 76.3 Å². The highest BCUT2D eigenvalue weighted by Gasteiger charge is 2.20. The lowest BCUT2D eigenvalue weighted by atomic mass is 9.87. The van der Waals surface area contributed by atoms with E-state index in [0.717, 1.165) is 12.0 Å². The zero-order valence-electron chi connectivity index (χ0n) is 16.8. The maximum absolute atomic E-state index is 12.5. The summed E-state index contributed by atoms with van der Waals surface area (Å²) in [7, 11) is 0. The normalized spacial score (nSPS) is 13.8. The molecule has 2 aromatic rings. The fourth-order valence-electron chi connectivity index (χ4n) is 2.80. The van der Waals surface area contributed by atoms with Crippen molar-refractivity contribution in [1.29, 1.82) is 0 Å². The molecule has 2 aromatic carbocycles. The molecule has 1 amide bonds. The lowest BCUT2D eigenvalue weighted by Gasteiger charge is -2.22. The van der Waals surface area contributed by atoms with Crippen LogP contribution >= 0.6 is 0 Å². The Morgan fingerprint density at radius 1 is 1.04 bits per heavy atom. The lowest BCUT2D eigenvalue weighted by molar-refractivity contribution is -0.128. The molecule has 0 aromatic heterocycles. The summed E-state index contributed by atoms with van der Waals surface area (Å²) in [6.07, 6.45) is 0.289. The smallest absolute Gasteiger partial charge is 0.261 e. The third-order valence-corrected chi connectivity index (χ3v) is 4.61. The average Bonchev–Trinajstić information content (AvgIpc) is 2.60. The standard InChI is InChI=1S/C23H31NO2/c1-7-21(18-10-8-16(2)9-11-18)24-22(25)17(3)26-20-14-12-19(13-15-20)23(4,5)6/h8-15,17,21H,7H2,1-6H3,(H,24,25)/t17-,21-/m1/s1. The van der Waals surface area contributed by atoms with Gasteiger partial charge in [-0.15, -0.1) is 0 Å². The SMILES string of the molecule is CC[C@@H](NC(=O)[C@@H](C)Oc1ccc(C(C)(C)C)cc1)c1ccc(C)cc1. The minimum absolute atomic E-state index is 0.00239. The topological polar surface area (TPSA) is 38.3 Å². The third kappa shape index (κ3) is 5.35. The maximum atomic E-state index is 12.5. The maximum Gasteiger partial charge on any atom is 0.261 e. The van der Waals surface area contributed by atoms with E-state index in [9.17, 15) is 4.79 Å². The fraction of sp³-hybridized carbons (Fsp3) is 0.435. The van der Waals surface area contributed by atoms with Gasteiger partial charge in [0.1, 0.15) is 5.75 Å². The van der Waals surface area contributed by atoms with Crippen LogP contribution < -0.4 is 10.1 Å². The summed E-state index contributed by atoms with van der Waals surface area (Å²) in [6, 6.07) is 16.3. The van der Waals surface area contributed by atoms with Crippen molar-refractivity contribution in [3.8, 4) is 5.75 Å². The Hall–Kier alpha value is -2.29. The Balaban J connectivity index is 1.99. The van der Waals surface area contributed by atoms with Crippen molar-refractivity contribution in [2.75, 3.05) is 0 Å². The second kappa shape index (κ2) is 8.39. The quantitative estimate of drug-likeness (QED) is 0.762. The van der Waals surface area contributed by atoms with Gasteiger partial charge in [0.05, 0.1) is 6.04 Å². The van der Waals surface area contributed by atoms with Crippen LogP contribution in [0.15, 0.2) is 48.5 Å². The van der Waals surface area contributed by atoms with Gasteiger partial charge in [0.15, 0.2) is 6.10 Å². The summed E-state index contributed by atoms with van der Waals surface area (Å²) in [4.78, 5) is 12.5. The fourth-order valence-corrected chi connectivity index (χ4v) is 2.80. The van der Waals surface area contributed by atoms with Crippen molar-refractivity contribution in [2.24, 2.45) is 0 Å². The van der Waals surface area contributed by atoms with Crippen LogP contribution in [0.1, 0.15) is 63.8 Å². The Bertz CT molecular complexity index is 711. The number of amides is 1. The molecule has 0 aliphatic carbocycles. The molecule has 0 saturated carbocycles. The molecule has 3 nitrogen and oxygen atoms in total. The van der Waals surface area contributed by atoms with E-state index >= 15 is 0 Å². The van der Waals surface area contributed by atoms with Crippen LogP contribution in [-0.4, -0.2) is 12.0 Å². The molecule has 0 saturated heterocycles. The molecule has 0 unspecified atom stereocenters. The summed E-state index contributed by atoms with van der Waals surface area (Å²) in [6.45, 7) is 12.4. The van der Waals surface area contributed by atoms with Crippen molar-refractivity contribution < 1.29 is 9.53 Å². The van der Waals surface area contributed by atoms with Gasteiger partial charge < -0.3 is 10.1 Å². The number of carbonyl (C=O) groups is 1. The minimum atomic E-state index is -0.546. The summed E-state index contributed by atoms with van der Waals surface area (Å²) in [5, 5.41) is 3.09. The Morgan fingerprint density at radius 2 is 1.62 bits per heavy atom. The minimum Gasteiger partial charge on any atom is -0.481 e. The highest BCUT2D eigenvalue weighted by Crippen LogP contribution is 2.25. The van der Waals surface area contributed by atoms with Gasteiger partial charge in [-0.1, -0.05) is 69.7 Å². The molecule has 2 rings (SSSR count). The number of nitrogens with one attached hydrogen (secondary N) is 1. The van der Waals surface area contributed by atoms with E-state index < -0.39 is 6.10 Å². The largest absolute Gasteiger partial charge is 0.481 e. The number of aryl methyl sites for hydroxylation is 1. The van der Waals surface area contributed by atoms with Crippen LogP contribution in [-0.2, 0) is 10.2 Å². The van der Waals surface area contributed by atoms with Crippen molar-refractivity contribution in [3.05, 3.63) is 65.2 Å². The molecular formula is C23H31NO2. The Labute approximate surface area is 157 Å². The van der Waals surface area contributed by atoms with Crippen LogP contribution in [0.25, 0.3) is 0 Å². The highest BCUT2D eigenvalue weighted by atomic mass is 16.5. The third-order valence-electron chi connectivity index (χ3n) is 4.61. The number of rotatable bonds is 6. The molecule has 0 aliphatic rings. The van der Waals surface area contributed by atoms with E-state index in [0.29, 0.717) is 5.75 Å². The molecule has 0 heterocycles. The first-order valence-corrected chi connectivity index (χ1v) is 9.35. The Morgan fingerprint density at radius 3 is 2.12 bits per heavy atom. The second-order valence-corrected chi connectivity index (χ2v) is 7.91. The summed E-state index contributed by atoms with van der Waals surface area (Å²) >= 11 is 0. The average molecular weight is 354 g/mol. The Kier molecular flexibility index (Phi) is 6.47. The molecule has 2 atom stereocenters. The van der Waals surface area contributed by atoms with Gasteiger partial charge in [-0.05, 0) is 48.9 Å². The number of carbonyl (C=O) groups excluding carboxylic acids is 1. The van der Waals surface area contributed by atoms with Crippen molar-refractivity contribution in [1.82, 2.24) is 5.32 Å². The number of ether oxygens (including phenoxy) is 1. The number of hydrogen-bond acceptors (Lipinski definition) is 2. The molecule has 140 valence electrons. The monoisotopic (exact) mass is 353 g/mol. The predicted octanol–water partition coefficient (Wildman–Crippen LogP) is 5.33. The van der Waals surface area contributed by atoms with E-state index in [1.54, 1.807) is 6.92 Å². The van der Waals surface area contributed by atoms with Gasteiger partial charge in [0.25, 0.3) is 5.91 Å². The van der Waals surface area contributed by atoms with Gasteiger partial charge >= 0.3 is 0 Å². The van der Waals surface area contributed by atoms with E-state index in [1.165, 1.54) is 11.1 Å². The van der Waals surface area contributed by atoms with Crippen LogP contribution in [0.2, 0.25) is 0 Å². The zero-order chi connectivity index (χ0) is 19.3. The van der Waals surface area contributed by atoms with E-state index in [4.69, 9.17) is 4.74 Å². The van der Waals surface area contributed by atoms with Gasteiger partial charge in [-0.2, -0.15) is 0 Å². The van der Waals surface area contributed by atoms with Gasteiger partial charge in [-0.3, -0.25) is 4.79 Å². The number of benzene rings is 2. The van der Waals surface area contributed by atoms with Crippen molar-refractivity contribution >= 4 is 5.91 Å². The van der Waals surface area contributed by atoms with Crippen molar-refractivity contribution in [3.63, 3.8) is 0 Å². The molecule has 0 spiro atoms. The summed E-state index contributed by atoms with van der Waals surface area (Å²) in [5.41, 5.74) is 3.68. The molecular weight excluding hydrogens is 322 g/mol. The lowest BCUT2D eigenvalue weighted by Crippen LogP contribution is -2.38. The molecule has 0 bridgehead atoms. The van der Waals surface area contributed by atoms with Gasteiger partial charge in [-0.25, -0.2) is 0 Å². The van der Waals surface area contributed by atoms with Crippen LogP contribution in [0, 0.1) is 6.92 Å². The van der Waals surface area contributed by atoms with Gasteiger partial charge in [0, 0.05) is 0 Å². The molecule has 1 N–H and O–H groups in total. The van der Waals surface area contributed by atoms with E-state index in [1.807, 2.05) is 12.1 Å². The first kappa shape index (κ1) is 20.0. The second-order valence-electron chi connectivity index (χ2n) is 7.91. The first-order chi connectivity index (χ1) is 12.2. The summed E-state index contributed by atoms with van der Waals surface area (Å²) in [5.74, 6) is 0.612. The van der Waals surface area contributed by atoms with Crippen LogP contribution in [0.3, 0.4) is 0 Å². The molecule has 3 heteroatoms. The molecule has 26 heavy (non-hydrogen) atoms. The molecule has 0 radical (unpaired) electrons. The van der Waals surface area contributed by atoms with Crippen LogP contribution in [0.4, 0.5) is 0 Å². The number of hydrogen-bond donors (Lipinski definition) is 1. The van der Waals surface area contributed by atoms with Crippen molar-refractivity contribution in [2.45, 2.75) is 65.5 Å². The first-order valence-electron chi connectivity index (χ1n) is 9.35. The van der Waals surface area contributed by atoms with E-state index in [-0.39, 0.29) is 17.4 Å². The van der Waals surface area contributed by atoms with Crippen LogP contribution in [0.5, 0.6) is 5.75 Å². The predicted molar refractivity (Wildman–Crippen MR) is 108 cm³/mol. The molecule has 0 aliphatic heterocycles. The van der Waals surface area contributed by atoms with Gasteiger partial charge in [0.2, 0.25) is 0 Å². The summed E-state index contributed by atoms with van der Waals surface area (Å²) < 4.78 is 5.83. The zero-order valence-corrected chi connectivity index (χ0v) is 16.8. The highest BCUT2D eigenvalue weighted by molar-refractivity contribution is 5.81.